The zero-order chi connectivity index (χ0) is 18.7. The lowest BCUT2D eigenvalue weighted by molar-refractivity contribution is -0.144. The average Bonchev–Trinajstić information content (AvgIpc) is 3.10. The molecule has 0 aliphatic heterocycles. The number of anilines is 2. The van der Waals surface area contributed by atoms with E-state index >= 15 is 0 Å². The largest absolute Gasteiger partial charge is 0.453 e. The molecule has 3 aromatic rings. The molecule has 0 aliphatic rings. The van der Waals surface area contributed by atoms with Crippen molar-refractivity contribution in [1.82, 2.24) is 25.1 Å². The number of benzene rings is 1. The number of aromatic amines is 1. The fourth-order valence-corrected chi connectivity index (χ4v) is 2.20. The summed E-state index contributed by atoms with van der Waals surface area (Å²) in [5.41, 5.74) is 2.66. The van der Waals surface area contributed by atoms with E-state index in [0.717, 1.165) is 11.3 Å². The molecule has 0 atom stereocenters. The van der Waals surface area contributed by atoms with Crippen molar-refractivity contribution in [3.8, 4) is 11.3 Å². The van der Waals surface area contributed by atoms with E-state index in [-0.39, 0.29) is 18.3 Å². The van der Waals surface area contributed by atoms with Gasteiger partial charge in [0.15, 0.2) is 0 Å². The number of hydrogen-bond donors (Lipinski definition) is 2. The quantitative estimate of drug-likeness (QED) is 0.725. The summed E-state index contributed by atoms with van der Waals surface area (Å²) in [6.45, 7) is -0.00784. The molecule has 2 aromatic heterocycles. The maximum Gasteiger partial charge on any atom is 0.453 e. The fourth-order valence-electron chi connectivity index (χ4n) is 2.20. The first-order valence-electron chi connectivity index (χ1n) is 7.66. The van der Waals surface area contributed by atoms with Gasteiger partial charge in [0.2, 0.25) is 5.95 Å². The number of halogens is 3. The van der Waals surface area contributed by atoms with Gasteiger partial charge in [-0.2, -0.15) is 13.2 Å². The molecular formula is C16H16F3N7. The van der Waals surface area contributed by atoms with Gasteiger partial charge in [-0.05, 0) is 18.2 Å². The van der Waals surface area contributed by atoms with Gasteiger partial charge in [0.25, 0.3) is 5.82 Å². The highest BCUT2D eigenvalue weighted by Crippen LogP contribution is 2.25. The number of alkyl halides is 3. The van der Waals surface area contributed by atoms with E-state index in [1.54, 1.807) is 12.3 Å². The maximum atomic E-state index is 12.5. The van der Waals surface area contributed by atoms with E-state index in [4.69, 9.17) is 0 Å². The zero-order valence-electron chi connectivity index (χ0n) is 14.0. The highest BCUT2D eigenvalue weighted by molar-refractivity contribution is 5.63. The number of aromatic nitrogens is 5. The summed E-state index contributed by atoms with van der Waals surface area (Å²) in [6.07, 6.45) is -3.00. The van der Waals surface area contributed by atoms with Crippen LogP contribution in [0.5, 0.6) is 0 Å². The molecule has 26 heavy (non-hydrogen) atoms. The van der Waals surface area contributed by atoms with E-state index < -0.39 is 12.0 Å². The van der Waals surface area contributed by atoms with Crippen molar-refractivity contribution in [3.63, 3.8) is 0 Å². The molecule has 0 radical (unpaired) electrons. The Kier molecular flexibility index (Phi) is 4.74. The van der Waals surface area contributed by atoms with Crippen molar-refractivity contribution in [1.29, 1.82) is 0 Å². The molecule has 2 heterocycles. The summed E-state index contributed by atoms with van der Waals surface area (Å²) in [5, 5.41) is 8.22. The van der Waals surface area contributed by atoms with Crippen LogP contribution in [0.15, 0.2) is 36.5 Å². The first-order chi connectivity index (χ1) is 12.3. The zero-order valence-corrected chi connectivity index (χ0v) is 14.0. The molecule has 0 bridgehead atoms. The number of H-pyrrole nitrogens is 1. The Labute approximate surface area is 147 Å². The molecule has 136 valence electrons. The molecule has 2 N–H and O–H groups in total. The topological polar surface area (TPSA) is 82.6 Å². The predicted octanol–water partition coefficient (Wildman–Crippen LogP) is 2.96. The van der Waals surface area contributed by atoms with Gasteiger partial charge in [0.1, 0.15) is 5.82 Å². The van der Waals surface area contributed by atoms with Crippen LogP contribution in [-0.4, -0.2) is 39.2 Å². The molecule has 0 amide bonds. The molecular weight excluding hydrogens is 347 g/mol. The lowest BCUT2D eigenvalue weighted by Crippen LogP contribution is -2.08. The molecule has 0 saturated carbocycles. The second-order valence-electron chi connectivity index (χ2n) is 5.66. The van der Waals surface area contributed by atoms with Crippen LogP contribution in [0.4, 0.5) is 24.8 Å². The molecule has 0 unspecified atom stereocenters. The van der Waals surface area contributed by atoms with Gasteiger partial charge in [-0.25, -0.2) is 15.0 Å². The summed E-state index contributed by atoms with van der Waals surface area (Å²) in [5.74, 6) is -0.879. The highest BCUT2D eigenvalue weighted by atomic mass is 19.4. The van der Waals surface area contributed by atoms with Crippen molar-refractivity contribution in [2.24, 2.45) is 0 Å². The molecule has 1 aromatic carbocycles. The SMILES string of the molecule is CN(C)c1ccc(-c2ccnc(NCc3nc(C(F)(F)F)n[nH]3)n2)cc1. The minimum atomic E-state index is -4.58. The van der Waals surface area contributed by atoms with Crippen LogP contribution in [0.3, 0.4) is 0 Å². The van der Waals surface area contributed by atoms with Crippen LogP contribution in [-0.2, 0) is 12.7 Å². The van der Waals surface area contributed by atoms with E-state index in [1.165, 1.54) is 0 Å². The van der Waals surface area contributed by atoms with Crippen LogP contribution in [0, 0.1) is 0 Å². The lowest BCUT2D eigenvalue weighted by atomic mass is 10.1. The Morgan fingerprint density at radius 1 is 1.08 bits per heavy atom. The van der Waals surface area contributed by atoms with Gasteiger partial charge in [-0.1, -0.05) is 12.1 Å². The van der Waals surface area contributed by atoms with Gasteiger partial charge in [-0.3, -0.25) is 5.10 Å². The summed E-state index contributed by atoms with van der Waals surface area (Å²) in [4.78, 5) is 13.8. The smallest absolute Gasteiger partial charge is 0.378 e. The highest BCUT2D eigenvalue weighted by Gasteiger charge is 2.35. The summed E-state index contributed by atoms with van der Waals surface area (Å²) in [7, 11) is 3.91. The van der Waals surface area contributed by atoms with Crippen LogP contribution >= 0.6 is 0 Å². The van der Waals surface area contributed by atoms with Crippen molar-refractivity contribution in [2.75, 3.05) is 24.3 Å². The van der Waals surface area contributed by atoms with Gasteiger partial charge in [0, 0.05) is 31.5 Å². The van der Waals surface area contributed by atoms with Crippen molar-refractivity contribution in [3.05, 3.63) is 48.2 Å². The molecule has 0 fully saturated rings. The normalized spacial score (nSPS) is 11.4. The second kappa shape index (κ2) is 6.98. The van der Waals surface area contributed by atoms with Crippen LogP contribution < -0.4 is 10.2 Å². The minimum absolute atomic E-state index is 0.00784. The third-order valence-electron chi connectivity index (χ3n) is 3.53. The third-order valence-corrected chi connectivity index (χ3v) is 3.53. The number of hydrogen-bond acceptors (Lipinski definition) is 6. The van der Waals surface area contributed by atoms with Crippen molar-refractivity contribution >= 4 is 11.6 Å². The number of nitrogens with one attached hydrogen (secondary N) is 2. The monoisotopic (exact) mass is 363 g/mol. The van der Waals surface area contributed by atoms with Crippen molar-refractivity contribution in [2.45, 2.75) is 12.7 Å². The standard InChI is InChI=1S/C16H16F3N7/c1-26(2)11-5-3-10(4-6-11)12-7-8-20-15(22-12)21-9-13-23-14(25-24-13)16(17,18)19/h3-8H,9H2,1-2H3,(H,20,21,22)(H,23,24,25). The first kappa shape index (κ1) is 17.6. The maximum absolute atomic E-state index is 12.5. The molecule has 0 spiro atoms. The molecule has 3 rings (SSSR count). The Hall–Kier alpha value is -3.17. The van der Waals surface area contributed by atoms with E-state index in [2.05, 4.69) is 30.5 Å². The van der Waals surface area contributed by atoms with Crippen LogP contribution in [0.1, 0.15) is 11.6 Å². The van der Waals surface area contributed by atoms with Gasteiger partial charge in [0.05, 0.1) is 12.2 Å². The predicted molar refractivity (Wildman–Crippen MR) is 90.5 cm³/mol. The van der Waals surface area contributed by atoms with Crippen LogP contribution in [0.25, 0.3) is 11.3 Å². The fraction of sp³-hybridized carbons (Fsp3) is 0.250. The molecule has 0 aliphatic carbocycles. The Bertz CT molecular complexity index is 872. The first-order valence-corrected chi connectivity index (χ1v) is 7.66. The Morgan fingerprint density at radius 2 is 1.81 bits per heavy atom. The van der Waals surface area contributed by atoms with Crippen LogP contribution in [0.2, 0.25) is 0 Å². The summed E-state index contributed by atoms with van der Waals surface area (Å²) >= 11 is 0. The molecule has 0 saturated heterocycles. The van der Waals surface area contributed by atoms with Gasteiger partial charge in [-0.15, -0.1) is 5.10 Å². The van der Waals surface area contributed by atoms with E-state index in [0.29, 0.717) is 5.69 Å². The third kappa shape index (κ3) is 4.08. The van der Waals surface area contributed by atoms with Gasteiger partial charge < -0.3 is 10.2 Å². The van der Waals surface area contributed by atoms with Crippen molar-refractivity contribution < 1.29 is 13.2 Å². The summed E-state index contributed by atoms with van der Waals surface area (Å²) in [6, 6.07) is 9.57. The summed E-state index contributed by atoms with van der Waals surface area (Å²) < 4.78 is 37.5. The van der Waals surface area contributed by atoms with E-state index in [9.17, 15) is 13.2 Å². The molecule has 7 nitrogen and oxygen atoms in total. The number of rotatable bonds is 5. The Morgan fingerprint density at radius 3 is 2.42 bits per heavy atom. The second-order valence-corrected chi connectivity index (χ2v) is 5.66. The molecule has 10 heteroatoms. The Balaban J connectivity index is 1.70. The minimum Gasteiger partial charge on any atom is -0.378 e. The average molecular weight is 363 g/mol. The van der Waals surface area contributed by atoms with E-state index in [1.807, 2.05) is 43.3 Å². The number of nitrogens with zero attached hydrogens (tertiary/aromatic N) is 5. The van der Waals surface area contributed by atoms with Gasteiger partial charge >= 0.3 is 6.18 Å². The lowest BCUT2D eigenvalue weighted by Gasteiger charge is -2.12.